The summed E-state index contributed by atoms with van der Waals surface area (Å²) >= 11 is 0. The SMILES string of the molecule is CCC1(O)CC2CN(CCc3c([nH]c4ccccc34)[C@@](C(=O)OC)(c3cc4c(cc3OC)N(C)C3C45CCN4CC=C[C@](CC)(C45)C(O)[C@]3(O)C=O)C2)C1.CNCCCOC(=O)C(N)C(C)C. The minimum Gasteiger partial charge on any atom is -0.496 e. The van der Waals surface area contributed by atoms with Crippen molar-refractivity contribution in [1.29, 1.82) is 0 Å². The Morgan fingerprint density at radius 1 is 1.06 bits per heavy atom. The molecule has 5 aliphatic heterocycles. The number of aldehydes is 1. The number of benzene rings is 2. The highest BCUT2D eigenvalue weighted by molar-refractivity contribution is 5.94. The zero-order valence-electron chi connectivity index (χ0n) is 40.8. The lowest BCUT2D eigenvalue weighted by Gasteiger charge is -2.62. The van der Waals surface area contributed by atoms with Crippen molar-refractivity contribution in [3.05, 3.63) is 70.9 Å². The normalized spacial score (nSPS) is 34.3. The summed E-state index contributed by atoms with van der Waals surface area (Å²) in [7, 11) is 6.82. The number of H-pyrrole nitrogens is 1. The van der Waals surface area contributed by atoms with Gasteiger partial charge in [-0.1, -0.05) is 58.0 Å². The van der Waals surface area contributed by atoms with E-state index in [9.17, 15) is 24.9 Å². The molecule has 0 amide bonds. The van der Waals surface area contributed by atoms with E-state index < -0.39 is 51.6 Å². The fraction of sp³-hybridized carbons (Fsp3) is 0.635. The molecule has 67 heavy (non-hydrogen) atoms. The summed E-state index contributed by atoms with van der Waals surface area (Å²) in [5.74, 6) is -0.135. The van der Waals surface area contributed by atoms with Gasteiger partial charge in [0.1, 0.15) is 23.3 Å². The Morgan fingerprint density at radius 2 is 1.82 bits per heavy atom. The van der Waals surface area contributed by atoms with Crippen LogP contribution in [0, 0.1) is 17.3 Å². The predicted molar refractivity (Wildman–Crippen MR) is 257 cm³/mol. The molecule has 2 saturated heterocycles. The number of carbonyl (C=O) groups excluding carboxylic acids is 3. The van der Waals surface area contributed by atoms with E-state index in [0.29, 0.717) is 75.8 Å². The van der Waals surface area contributed by atoms with Crippen molar-refractivity contribution < 1.29 is 43.9 Å². The quantitative estimate of drug-likeness (QED) is 0.0666. The summed E-state index contributed by atoms with van der Waals surface area (Å²) in [6, 6.07) is 10.8. The zero-order chi connectivity index (χ0) is 48.3. The molecule has 1 spiro atoms. The van der Waals surface area contributed by atoms with E-state index >= 15 is 4.79 Å². The van der Waals surface area contributed by atoms with Crippen molar-refractivity contribution in [3.8, 4) is 5.75 Å². The van der Waals surface area contributed by atoms with E-state index in [2.05, 4.69) is 38.3 Å². The molecule has 1 aromatic heterocycles. The third kappa shape index (κ3) is 7.53. The molecule has 11 atom stereocenters. The molecule has 7 N–H and O–H groups in total. The lowest BCUT2D eigenvalue weighted by Crippen LogP contribution is -2.79. The van der Waals surface area contributed by atoms with Crippen molar-refractivity contribution >= 4 is 34.8 Å². The van der Waals surface area contributed by atoms with Crippen LogP contribution in [-0.2, 0) is 41.1 Å². The van der Waals surface area contributed by atoms with Crippen molar-refractivity contribution in [2.24, 2.45) is 23.0 Å². The summed E-state index contributed by atoms with van der Waals surface area (Å²) in [6.07, 6.45) is 7.55. The molecule has 2 bridgehead atoms. The van der Waals surface area contributed by atoms with Crippen LogP contribution in [0.1, 0.15) is 88.6 Å². The zero-order valence-corrected chi connectivity index (χ0v) is 40.8. The molecule has 15 nitrogen and oxygen atoms in total. The number of methoxy groups -OCH3 is 2. The second kappa shape index (κ2) is 18.5. The number of nitrogens with zero attached hydrogens (tertiary/aromatic N) is 3. The van der Waals surface area contributed by atoms with Crippen LogP contribution in [-0.4, -0.2) is 158 Å². The van der Waals surface area contributed by atoms with Gasteiger partial charge >= 0.3 is 11.9 Å². The minimum absolute atomic E-state index is 0.0603. The summed E-state index contributed by atoms with van der Waals surface area (Å²) in [5.41, 5.74) is 4.75. The van der Waals surface area contributed by atoms with Crippen LogP contribution in [0.5, 0.6) is 5.75 Å². The fourth-order valence-corrected chi connectivity index (χ4v) is 13.8. The molecule has 9 rings (SSSR count). The number of nitrogens with two attached hydrogens (primary N) is 1. The van der Waals surface area contributed by atoms with Crippen LogP contribution in [0.3, 0.4) is 0 Å². The van der Waals surface area contributed by atoms with Gasteiger partial charge in [-0.25, -0.2) is 0 Å². The van der Waals surface area contributed by atoms with E-state index in [0.717, 1.165) is 66.0 Å². The maximum Gasteiger partial charge on any atom is 0.323 e. The number of para-hydroxylation sites is 1. The van der Waals surface area contributed by atoms with Gasteiger partial charge in [0.2, 0.25) is 0 Å². The minimum atomic E-state index is -2.08. The molecule has 8 unspecified atom stereocenters. The molecule has 15 heteroatoms. The standard InChI is InChI=1S/C43H54N4O7.C9H20N2O2/c1-6-39(51)21-26-22-42(38(50)54-5,34-28(13-17-46(23-26)24-39)27-11-8-9-12-31(27)44-34)30-19-29-32(20-33(30)53-4)45(3)36-41(29)15-18-47-16-10-14-40(7-2,35(41)47)37(49)43(36,52)25-48;1-7(2)8(10)9(12)13-6-4-5-11-3/h8-12,14,19-20,25-26,35-37,44,49,51-52H,6-7,13,15-18,21-24H2,1-5H3;7-8,11H,4-6,10H2,1-3H3/t26?,35?,36?,37?,39?,40-,41?,42+,43+;/m1./s1. The van der Waals surface area contributed by atoms with Gasteiger partial charge in [-0.3, -0.25) is 24.2 Å². The van der Waals surface area contributed by atoms with E-state index in [1.165, 1.54) is 7.11 Å². The molecule has 2 aromatic carbocycles. The van der Waals surface area contributed by atoms with Gasteiger partial charge in [0, 0.05) is 84.0 Å². The molecule has 1 aliphatic carbocycles. The molecule has 3 aromatic rings. The Labute approximate surface area is 395 Å². The predicted octanol–water partition coefficient (Wildman–Crippen LogP) is 3.57. The van der Waals surface area contributed by atoms with Crippen molar-refractivity contribution in [2.75, 3.05) is 79.1 Å². The van der Waals surface area contributed by atoms with E-state index in [4.69, 9.17) is 19.9 Å². The number of esters is 2. The van der Waals surface area contributed by atoms with Crippen LogP contribution in [0.25, 0.3) is 10.9 Å². The second-order valence-corrected chi connectivity index (χ2v) is 20.7. The molecular formula is C52H74N6O9. The number of likely N-dealkylation sites (N-methyl/N-ethyl adjacent to an activating group) is 1. The monoisotopic (exact) mass is 927 g/mol. The van der Waals surface area contributed by atoms with Gasteiger partial charge in [-0.05, 0) is 100 Å². The summed E-state index contributed by atoms with van der Waals surface area (Å²) in [6.45, 7) is 12.6. The van der Waals surface area contributed by atoms with Crippen LogP contribution in [0.15, 0.2) is 48.6 Å². The Morgan fingerprint density at radius 3 is 2.49 bits per heavy atom. The highest BCUT2D eigenvalue weighted by Gasteiger charge is 2.77. The number of aromatic amines is 1. The third-order valence-electron chi connectivity index (χ3n) is 16.9. The lowest BCUT2D eigenvalue weighted by atomic mass is 9.48. The van der Waals surface area contributed by atoms with E-state index in [1.54, 1.807) is 7.11 Å². The first-order valence-electron chi connectivity index (χ1n) is 24.4. The van der Waals surface area contributed by atoms with Crippen LogP contribution < -0.4 is 20.7 Å². The summed E-state index contributed by atoms with van der Waals surface area (Å²) < 4.78 is 17.2. The second-order valence-electron chi connectivity index (χ2n) is 20.7. The number of nitrogens with one attached hydrogen (secondary N) is 2. The topological polar surface area (TPSA) is 203 Å². The van der Waals surface area contributed by atoms with Crippen LogP contribution in [0.4, 0.5) is 5.69 Å². The number of rotatable bonds is 12. The van der Waals surface area contributed by atoms with Crippen molar-refractivity contribution in [1.82, 2.24) is 20.1 Å². The number of hydrogen-bond acceptors (Lipinski definition) is 14. The number of ether oxygens (including phenoxy) is 3. The van der Waals surface area contributed by atoms with Crippen molar-refractivity contribution in [3.63, 3.8) is 0 Å². The Balaban J connectivity index is 0.000000410. The number of hydrogen-bond donors (Lipinski definition) is 6. The van der Waals surface area contributed by atoms with E-state index in [-0.39, 0.29) is 23.8 Å². The highest BCUT2D eigenvalue weighted by Crippen LogP contribution is 2.67. The number of aliphatic hydroxyl groups is 3. The maximum atomic E-state index is 15.2. The number of anilines is 1. The molecule has 1 saturated carbocycles. The highest BCUT2D eigenvalue weighted by atomic mass is 16.5. The third-order valence-corrected chi connectivity index (χ3v) is 16.9. The van der Waals surface area contributed by atoms with Crippen molar-refractivity contribution in [2.45, 2.75) is 119 Å². The molecule has 366 valence electrons. The summed E-state index contributed by atoms with van der Waals surface area (Å²) in [5, 5.41) is 40.7. The fourth-order valence-electron chi connectivity index (χ4n) is 13.8. The summed E-state index contributed by atoms with van der Waals surface area (Å²) in [4.78, 5) is 50.1. The number of fused-ring (bicyclic) bond motifs is 6. The van der Waals surface area contributed by atoms with E-state index in [1.807, 2.05) is 77.0 Å². The smallest absolute Gasteiger partial charge is 0.323 e. The average Bonchev–Trinajstić information content (AvgIpc) is 4.00. The Kier molecular flexibility index (Phi) is 13.6. The molecule has 6 aliphatic rings. The van der Waals surface area contributed by atoms with Gasteiger partial charge in [-0.2, -0.15) is 0 Å². The van der Waals surface area contributed by atoms with Gasteiger partial charge < -0.3 is 50.5 Å². The number of aliphatic hydroxyl groups excluding tert-OH is 1. The first-order chi connectivity index (χ1) is 32.0. The van der Waals surface area contributed by atoms with Crippen LogP contribution in [0.2, 0.25) is 0 Å². The van der Waals surface area contributed by atoms with Gasteiger partial charge in [0.25, 0.3) is 0 Å². The number of piperidine rings is 1. The maximum absolute atomic E-state index is 15.2. The molecule has 3 fully saturated rings. The van der Waals surface area contributed by atoms with Crippen LogP contribution >= 0.6 is 0 Å². The lowest BCUT2D eigenvalue weighted by molar-refractivity contribution is -0.193. The number of aromatic nitrogens is 1. The number of carbonyl (C=O) groups is 3. The Bertz CT molecular complexity index is 2370. The van der Waals surface area contributed by atoms with Gasteiger partial charge in [-0.15, -0.1) is 0 Å². The first kappa shape index (κ1) is 49.1. The molecular weight excluding hydrogens is 853 g/mol. The molecule has 6 heterocycles. The molecule has 0 radical (unpaired) electrons. The van der Waals surface area contributed by atoms with Gasteiger partial charge in [0.15, 0.2) is 11.9 Å². The average molecular weight is 927 g/mol. The first-order valence-corrected chi connectivity index (χ1v) is 24.4. The largest absolute Gasteiger partial charge is 0.496 e. The van der Waals surface area contributed by atoms with Gasteiger partial charge in [0.05, 0.1) is 32.5 Å². The Hall–Kier alpha value is -4.35.